The van der Waals surface area contributed by atoms with Gasteiger partial charge in [0.05, 0.1) is 0 Å². The van der Waals surface area contributed by atoms with Gasteiger partial charge in [0, 0.05) is 33.9 Å². The first-order valence-corrected chi connectivity index (χ1v) is 10.4. The number of rotatable bonds is 10. The van der Waals surface area contributed by atoms with Gasteiger partial charge < -0.3 is 20.1 Å². The molecule has 2 N–H and O–H groups in total. The van der Waals surface area contributed by atoms with Crippen LogP contribution < -0.4 is 15.4 Å². The fraction of sp³-hybridized carbons (Fsp3) is 0.458. The standard InChI is InChI=1S/C24H33N3O2.HI/c1-25-23(27-19-24(12-7-13-24)14-15-28-2)26-17-20-8-6-9-21(16-20)18-29-22-10-4-3-5-11-22;/h3-6,8-11,16H,7,12-15,17-19H2,1-2H3,(H2,25,26,27);1H. The molecule has 2 aromatic carbocycles. The Hall–Kier alpha value is -1.80. The summed E-state index contributed by atoms with van der Waals surface area (Å²) in [5, 5.41) is 6.94. The third-order valence-electron chi connectivity index (χ3n) is 5.71. The molecular weight excluding hydrogens is 489 g/mol. The van der Waals surface area contributed by atoms with Gasteiger partial charge in [0.25, 0.3) is 0 Å². The molecule has 164 valence electrons. The maximum absolute atomic E-state index is 5.85. The van der Waals surface area contributed by atoms with Crippen LogP contribution >= 0.6 is 24.0 Å². The lowest BCUT2D eigenvalue weighted by Crippen LogP contribution is -2.46. The fourth-order valence-electron chi connectivity index (χ4n) is 3.70. The van der Waals surface area contributed by atoms with Crippen molar-refractivity contribution in [3.05, 3.63) is 65.7 Å². The van der Waals surface area contributed by atoms with E-state index in [0.29, 0.717) is 12.0 Å². The highest BCUT2D eigenvalue weighted by molar-refractivity contribution is 14.0. The van der Waals surface area contributed by atoms with Gasteiger partial charge in [-0.15, -0.1) is 24.0 Å². The van der Waals surface area contributed by atoms with Crippen molar-refractivity contribution in [1.82, 2.24) is 10.6 Å². The number of ether oxygens (including phenoxy) is 2. The number of nitrogens with zero attached hydrogens (tertiary/aromatic N) is 1. The third-order valence-corrected chi connectivity index (χ3v) is 5.71. The van der Waals surface area contributed by atoms with Gasteiger partial charge in [0.15, 0.2) is 5.96 Å². The average molecular weight is 523 g/mol. The van der Waals surface area contributed by atoms with E-state index in [4.69, 9.17) is 9.47 Å². The normalized spacial score (nSPS) is 14.9. The van der Waals surface area contributed by atoms with Crippen molar-refractivity contribution >= 4 is 29.9 Å². The van der Waals surface area contributed by atoms with Crippen LogP contribution in [0.1, 0.15) is 36.8 Å². The Kier molecular flexibility index (Phi) is 10.4. The number of halogens is 1. The monoisotopic (exact) mass is 523 g/mol. The molecule has 0 spiro atoms. The summed E-state index contributed by atoms with van der Waals surface area (Å²) in [6, 6.07) is 18.4. The second-order valence-electron chi connectivity index (χ2n) is 7.80. The summed E-state index contributed by atoms with van der Waals surface area (Å²) in [6.45, 7) is 3.06. The first-order chi connectivity index (χ1) is 14.2. The fourth-order valence-corrected chi connectivity index (χ4v) is 3.70. The lowest BCUT2D eigenvalue weighted by atomic mass is 9.67. The molecule has 0 aromatic heterocycles. The van der Waals surface area contributed by atoms with E-state index in [9.17, 15) is 0 Å². The molecule has 0 saturated heterocycles. The number of hydrogen-bond donors (Lipinski definition) is 2. The SMILES string of the molecule is CN=C(NCc1cccc(COc2ccccc2)c1)NCC1(CCOC)CCC1.I. The highest BCUT2D eigenvalue weighted by Crippen LogP contribution is 2.43. The summed E-state index contributed by atoms with van der Waals surface area (Å²) < 4.78 is 11.1. The first-order valence-electron chi connectivity index (χ1n) is 10.4. The predicted molar refractivity (Wildman–Crippen MR) is 134 cm³/mol. The number of guanidine groups is 1. The zero-order chi connectivity index (χ0) is 20.4. The van der Waals surface area contributed by atoms with E-state index in [2.05, 4.69) is 39.9 Å². The van der Waals surface area contributed by atoms with E-state index in [1.54, 1.807) is 7.11 Å². The number of hydrogen-bond acceptors (Lipinski definition) is 3. The third kappa shape index (κ3) is 7.47. The van der Waals surface area contributed by atoms with Crippen LogP contribution in [-0.2, 0) is 17.9 Å². The quantitative estimate of drug-likeness (QED) is 0.268. The highest BCUT2D eigenvalue weighted by atomic mass is 127. The summed E-state index contributed by atoms with van der Waals surface area (Å²) in [6.07, 6.45) is 4.96. The van der Waals surface area contributed by atoms with Crippen LogP contribution in [0.15, 0.2) is 59.6 Å². The molecule has 0 radical (unpaired) electrons. The number of para-hydroxylation sites is 1. The van der Waals surface area contributed by atoms with Crippen molar-refractivity contribution in [2.75, 3.05) is 27.3 Å². The Morgan fingerprint density at radius 3 is 2.47 bits per heavy atom. The van der Waals surface area contributed by atoms with Crippen molar-refractivity contribution in [3.63, 3.8) is 0 Å². The molecule has 1 saturated carbocycles. The highest BCUT2D eigenvalue weighted by Gasteiger charge is 2.36. The summed E-state index contributed by atoms with van der Waals surface area (Å²) in [5.74, 6) is 1.73. The van der Waals surface area contributed by atoms with Crippen LogP contribution in [0.4, 0.5) is 0 Å². The molecule has 0 aliphatic heterocycles. The van der Waals surface area contributed by atoms with Gasteiger partial charge in [-0.05, 0) is 47.9 Å². The van der Waals surface area contributed by atoms with Gasteiger partial charge >= 0.3 is 0 Å². The van der Waals surface area contributed by atoms with Crippen molar-refractivity contribution in [3.8, 4) is 5.75 Å². The predicted octanol–water partition coefficient (Wildman–Crippen LogP) is 4.76. The Balaban J connectivity index is 0.00000320. The van der Waals surface area contributed by atoms with Crippen molar-refractivity contribution in [1.29, 1.82) is 0 Å². The Morgan fingerprint density at radius 1 is 1.03 bits per heavy atom. The smallest absolute Gasteiger partial charge is 0.191 e. The van der Waals surface area contributed by atoms with E-state index in [-0.39, 0.29) is 24.0 Å². The van der Waals surface area contributed by atoms with E-state index >= 15 is 0 Å². The minimum atomic E-state index is 0. The summed E-state index contributed by atoms with van der Waals surface area (Å²) in [5.41, 5.74) is 2.73. The molecule has 0 amide bonds. The summed E-state index contributed by atoms with van der Waals surface area (Å²) in [7, 11) is 3.60. The second kappa shape index (κ2) is 12.8. The van der Waals surface area contributed by atoms with Gasteiger partial charge in [0.1, 0.15) is 12.4 Å². The van der Waals surface area contributed by atoms with Crippen LogP contribution in [0.2, 0.25) is 0 Å². The minimum Gasteiger partial charge on any atom is -0.489 e. The summed E-state index contributed by atoms with van der Waals surface area (Å²) >= 11 is 0. The van der Waals surface area contributed by atoms with E-state index < -0.39 is 0 Å². The average Bonchev–Trinajstić information content (AvgIpc) is 2.74. The van der Waals surface area contributed by atoms with Gasteiger partial charge in [-0.2, -0.15) is 0 Å². The zero-order valence-corrected chi connectivity index (χ0v) is 20.4. The van der Waals surface area contributed by atoms with Crippen LogP contribution in [-0.4, -0.2) is 33.3 Å². The molecule has 3 rings (SSSR count). The molecule has 30 heavy (non-hydrogen) atoms. The minimum absolute atomic E-state index is 0. The number of aliphatic imine (C=N–C) groups is 1. The molecule has 1 aliphatic rings. The molecule has 0 atom stereocenters. The number of methoxy groups -OCH3 is 1. The van der Waals surface area contributed by atoms with Crippen molar-refractivity contribution < 1.29 is 9.47 Å². The number of nitrogens with one attached hydrogen (secondary N) is 2. The van der Waals surface area contributed by atoms with Crippen LogP contribution in [0.3, 0.4) is 0 Å². The second-order valence-corrected chi connectivity index (χ2v) is 7.80. The Morgan fingerprint density at radius 2 is 1.80 bits per heavy atom. The zero-order valence-electron chi connectivity index (χ0n) is 18.0. The van der Waals surface area contributed by atoms with E-state index in [0.717, 1.165) is 43.4 Å². The maximum Gasteiger partial charge on any atom is 0.191 e. The first kappa shape index (κ1) is 24.5. The van der Waals surface area contributed by atoms with E-state index in [1.807, 2.05) is 37.4 Å². The summed E-state index contributed by atoms with van der Waals surface area (Å²) in [4.78, 5) is 4.38. The number of benzene rings is 2. The molecule has 0 unspecified atom stereocenters. The van der Waals surface area contributed by atoms with E-state index in [1.165, 1.54) is 24.8 Å². The van der Waals surface area contributed by atoms with Gasteiger partial charge in [-0.3, -0.25) is 4.99 Å². The Bertz CT molecular complexity index is 779. The van der Waals surface area contributed by atoms with Gasteiger partial charge in [-0.25, -0.2) is 0 Å². The van der Waals surface area contributed by atoms with Gasteiger partial charge in [0.2, 0.25) is 0 Å². The molecular formula is C24H34IN3O2. The topological polar surface area (TPSA) is 54.9 Å². The van der Waals surface area contributed by atoms with Crippen molar-refractivity contribution in [2.45, 2.75) is 38.8 Å². The molecule has 2 aromatic rings. The van der Waals surface area contributed by atoms with Crippen LogP contribution in [0.25, 0.3) is 0 Å². The van der Waals surface area contributed by atoms with Crippen molar-refractivity contribution in [2.24, 2.45) is 10.4 Å². The lowest BCUT2D eigenvalue weighted by Gasteiger charge is -2.42. The molecule has 6 heteroatoms. The van der Waals surface area contributed by atoms with Gasteiger partial charge in [-0.1, -0.05) is 48.9 Å². The van der Waals surface area contributed by atoms with Crippen LogP contribution in [0.5, 0.6) is 5.75 Å². The molecule has 1 aliphatic carbocycles. The largest absolute Gasteiger partial charge is 0.489 e. The Labute approximate surface area is 197 Å². The molecule has 5 nitrogen and oxygen atoms in total. The maximum atomic E-state index is 5.85. The van der Waals surface area contributed by atoms with Crippen LogP contribution in [0, 0.1) is 5.41 Å². The lowest BCUT2D eigenvalue weighted by molar-refractivity contribution is 0.0732. The molecule has 0 bridgehead atoms. The molecule has 1 fully saturated rings. The molecule has 0 heterocycles.